The van der Waals surface area contributed by atoms with E-state index >= 15 is 0 Å². The molecular formula is C43H35N3. The van der Waals surface area contributed by atoms with E-state index in [2.05, 4.69) is 160 Å². The molecule has 0 spiro atoms. The summed E-state index contributed by atoms with van der Waals surface area (Å²) in [5.41, 5.74) is 12.5. The average molecular weight is 594 g/mol. The number of rotatable bonds is 6. The Kier molecular flexibility index (Phi) is 7.82. The first-order valence-electron chi connectivity index (χ1n) is 15.7. The average Bonchev–Trinajstić information content (AvgIpc) is 3.10. The molecule has 0 bridgehead atoms. The van der Waals surface area contributed by atoms with E-state index in [1.165, 1.54) is 44.3 Å². The van der Waals surface area contributed by atoms with Gasteiger partial charge in [0.15, 0.2) is 17.5 Å². The number of aromatic nitrogens is 3. The molecule has 3 nitrogen and oxygen atoms in total. The summed E-state index contributed by atoms with van der Waals surface area (Å²) in [4.78, 5) is 15.2. The molecule has 3 heteroatoms. The molecule has 0 radical (unpaired) electrons. The number of nitrogens with zero attached hydrogens (tertiary/aromatic N) is 3. The van der Waals surface area contributed by atoms with Gasteiger partial charge in [-0.25, -0.2) is 15.0 Å². The van der Waals surface area contributed by atoms with Crippen LogP contribution >= 0.6 is 0 Å². The lowest BCUT2D eigenvalue weighted by atomic mass is 9.90. The second-order valence-electron chi connectivity index (χ2n) is 11.8. The smallest absolute Gasteiger partial charge is 0.164 e. The van der Waals surface area contributed by atoms with Crippen LogP contribution in [-0.2, 0) is 0 Å². The first-order chi connectivity index (χ1) is 22.5. The van der Waals surface area contributed by atoms with Gasteiger partial charge < -0.3 is 0 Å². The van der Waals surface area contributed by atoms with Crippen molar-refractivity contribution in [1.82, 2.24) is 15.0 Å². The molecule has 46 heavy (non-hydrogen) atoms. The molecule has 0 fully saturated rings. The van der Waals surface area contributed by atoms with E-state index in [0.29, 0.717) is 17.5 Å². The highest BCUT2D eigenvalue weighted by atomic mass is 15.0. The Hall–Kier alpha value is -5.67. The Balaban J connectivity index is 1.40. The van der Waals surface area contributed by atoms with Crippen LogP contribution in [0.2, 0.25) is 0 Å². The fourth-order valence-corrected chi connectivity index (χ4v) is 6.14. The Morgan fingerprint density at radius 2 is 1.02 bits per heavy atom. The highest BCUT2D eigenvalue weighted by Gasteiger charge is 2.16. The molecule has 0 unspecified atom stereocenters. The molecule has 0 aliphatic rings. The van der Waals surface area contributed by atoms with Gasteiger partial charge in [0.05, 0.1) is 0 Å². The van der Waals surface area contributed by atoms with Gasteiger partial charge in [-0.1, -0.05) is 121 Å². The van der Waals surface area contributed by atoms with E-state index in [9.17, 15) is 0 Å². The minimum Gasteiger partial charge on any atom is -0.208 e. The molecule has 6 aromatic carbocycles. The molecule has 0 aliphatic heterocycles. The van der Waals surface area contributed by atoms with Gasteiger partial charge in [0.25, 0.3) is 0 Å². The van der Waals surface area contributed by atoms with E-state index in [0.717, 1.165) is 27.6 Å². The Bertz CT molecular complexity index is 2250. The molecule has 0 saturated carbocycles. The van der Waals surface area contributed by atoms with E-state index in [4.69, 9.17) is 15.0 Å². The summed E-state index contributed by atoms with van der Waals surface area (Å²) in [6.45, 7) is 8.54. The molecule has 7 rings (SSSR count). The van der Waals surface area contributed by atoms with Gasteiger partial charge in [-0.3, -0.25) is 0 Å². The summed E-state index contributed by atoms with van der Waals surface area (Å²) < 4.78 is 0. The minimum absolute atomic E-state index is 0.652. The molecule has 0 saturated heterocycles. The predicted molar refractivity (Wildman–Crippen MR) is 193 cm³/mol. The Morgan fingerprint density at radius 3 is 1.74 bits per heavy atom. The van der Waals surface area contributed by atoms with Crippen molar-refractivity contribution in [3.8, 4) is 56.4 Å². The van der Waals surface area contributed by atoms with Crippen LogP contribution in [0.15, 0.2) is 133 Å². The fraction of sp³-hybridized carbons (Fsp3) is 0.0930. The summed E-state index contributed by atoms with van der Waals surface area (Å²) in [5, 5.41) is 2.34. The quantitative estimate of drug-likeness (QED) is 0.192. The van der Waals surface area contributed by atoms with Crippen molar-refractivity contribution in [3.63, 3.8) is 0 Å². The van der Waals surface area contributed by atoms with Crippen molar-refractivity contribution < 1.29 is 0 Å². The van der Waals surface area contributed by atoms with Crippen molar-refractivity contribution in [2.24, 2.45) is 0 Å². The largest absolute Gasteiger partial charge is 0.208 e. The van der Waals surface area contributed by atoms with Crippen LogP contribution in [-0.4, -0.2) is 15.0 Å². The normalized spacial score (nSPS) is 11.4. The van der Waals surface area contributed by atoms with Crippen molar-refractivity contribution in [1.29, 1.82) is 0 Å². The van der Waals surface area contributed by atoms with Crippen molar-refractivity contribution >= 4 is 16.8 Å². The first kappa shape index (κ1) is 29.1. The number of aryl methyl sites for hydroxylation is 2. The third kappa shape index (κ3) is 5.64. The maximum Gasteiger partial charge on any atom is 0.164 e. The number of benzene rings is 6. The number of hydrogen-bond acceptors (Lipinski definition) is 3. The summed E-state index contributed by atoms with van der Waals surface area (Å²) in [5.74, 6) is 1.96. The fourth-order valence-electron chi connectivity index (χ4n) is 6.14. The monoisotopic (exact) mass is 593 g/mol. The lowest BCUT2D eigenvalue weighted by molar-refractivity contribution is 1.07. The second kappa shape index (κ2) is 12.4. The highest BCUT2D eigenvalue weighted by molar-refractivity contribution is 5.87. The predicted octanol–water partition coefficient (Wildman–Crippen LogP) is 11.3. The Labute approximate surface area is 271 Å². The van der Waals surface area contributed by atoms with Gasteiger partial charge in [-0.15, -0.1) is 0 Å². The standard InChI is InChI=1S/C43H35N3/c1-5-12-33-25-35(21-19-28(33)2)41-44-42(36-24-23-31-13-9-10-16-34(31)26-36)46-43(45-41)37-22-20-29(3)40(27-37)39-18-11-17-38(30(39)4)32-14-7-6-8-15-32/h5-27H,1-4H3/b12-5-. The highest BCUT2D eigenvalue weighted by Crippen LogP contribution is 2.36. The summed E-state index contributed by atoms with van der Waals surface area (Å²) in [7, 11) is 0. The van der Waals surface area contributed by atoms with Crippen molar-refractivity contribution in [3.05, 3.63) is 156 Å². The second-order valence-corrected chi connectivity index (χ2v) is 11.8. The molecular weight excluding hydrogens is 558 g/mol. The zero-order valence-corrected chi connectivity index (χ0v) is 26.6. The Morgan fingerprint density at radius 1 is 0.435 bits per heavy atom. The van der Waals surface area contributed by atoms with Gasteiger partial charge in [0.2, 0.25) is 0 Å². The number of fused-ring (bicyclic) bond motifs is 1. The third-order valence-corrected chi connectivity index (χ3v) is 8.73. The molecule has 1 aromatic heterocycles. The van der Waals surface area contributed by atoms with Gasteiger partial charge in [-0.05, 0) is 101 Å². The summed E-state index contributed by atoms with van der Waals surface area (Å²) in [6, 6.07) is 44.9. The summed E-state index contributed by atoms with van der Waals surface area (Å²) in [6.07, 6.45) is 4.19. The molecule has 0 amide bonds. The number of hydrogen-bond donors (Lipinski definition) is 0. The van der Waals surface area contributed by atoms with Gasteiger partial charge in [-0.2, -0.15) is 0 Å². The van der Waals surface area contributed by atoms with Gasteiger partial charge in [0.1, 0.15) is 0 Å². The lowest BCUT2D eigenvalue weighted by Gasteiger charge is -2.15. The van der Waals surface area contributed by atoms with Gasteiger partial charge in [0, 0.05) is 16.7 Å². The molecule has 1 heterocycles. The maximum atomic E-state index is 5.10. The lowest BCUT2D eigenvalue weighted by Crippen LogP contribution is -2.01. The molecule has 0 atom stereocenters. The molecule has 222 valence electrons. The van der Waals surface area contributed by atoms with Crippen LogP contribution in [0, 0.1) is 20.8 Å². The van der Waals surface area contributed by atoms with Gasteiger partial charge >= 0.3 is 0 Å². The van der Waals surface area contributed by atoms with E-state index in [1.807, 2.05) is 6.92 Å². The SMILES string of the molecule is C/C=C\c1cc(-c2nc(-c3ccc(C)c(-c4cccc(-c5ccccc5)c4C)c3)nc(-c3ccc4ccccc4c3)n2)ccc1C. The maximum absolute atomic E-state index is 5.10. The van der Waals surface area contributed by atoms with Crippen LogP contribution in [0.4, 0.5) is 0 Å². The first-order valence-corrected chi connectivity index (χ1v) is 15.7. The van der Waals surface area contributed by atoms with Crippen molar-refractivity contribution in [2.75, 3.05) is 0 Å². The summed E-state index contributed by atoms with van der Waals surface area (Å²) >= 11 is 0. The van der Waals surface area contributed by atoms with E-state index in [-0.39, 0.29) is 0 Å². The zero-order chi connectivity index (χ0) is 31.6. The van der Waals surface area contributed by atoms with E-state index < -0.39 is 0 Å². The zero-order valence-electron chi connectivity index (χ0n) is 26.6. The van der Waals surface area contributed by atoms with E-state index in [1.54, 1.807) is 0 Å². The van der Waals surface area contributed by atoms with Crippen molar-refractivity contribution in [2.45, 2.75) is 27.7 Å². The molecule has 0 N–H and O–H groups in total. The molecule has 0 aliphatic carbocycles. The van der Waals surface area contributed by atoms with Crippen LogP contribution < -0.4 is 0 Å². The third-order valence-electron chi connectivity index (χ3n) is 8.73. The minimum atomic E-state index is 0.652. The van der Waals surface area contributed by atoms with Crippen LogP contribution in [0.1, 0.15) is 29.2 Å². The van der Waals surface area contributed by atoms with Crippen LogP contribution in [0.3, 0.4) is 0 Å². The molecule has 7 aromatic rings. The topological polar surface area (TPSA) is 38.7 Å². The van der Waals surface area contributed by atoms with Crippen LogP contribution in [0.5, 0.6) is 0 Å². The number of allylic oxidation sites excluding steroid dienone is 1. The van der Waals surface area contributed by atoms with Crippen LogP contribution in [0.25, 0.3) is 73.3 Å².